The Morgan fingerprint density at radius 3 is 2.66 bits per heavy atom. The fourth-order valence-electron chi connectivity index (χ4n) is 3.15. The summed E-state index contributed by atoms with van der Waals surface area (Å²) >= 11 is 0.924. The van der Waals surface area contributed by atoms with Gasteiger partial charge in [-0.15, -0.1) is 11.3 Å². The number of benzene rings is 1. The van der Waals surface area contributed by atoms with Crippen LogP contribution in [0.15, 0.2) is 30.3 Å². The van der Waals surface area contributed by atoms with Crippen molar-refractivity contribution >= 4 is 27.0 Å². The summed E-state index contributed by atoms with van der Waals surface area (Å²) in [6.45, 7) is 0.852. The maximum absolute atomic E-state index is 14.6. The standard InChI is InChI=1S/C18H15F4N3O2S2/c1-17(9-18(20,21)22)16(24)25-13(8-29(17,26)27)15-12(19)6-14(28-15)11-4-2-3-10(5-11)7-23/h2-6,13H,8-9H2,1H3,(H2,24,25)/t13?,17-/m1/s1. The minimum absolute atomic E-state index is 0.0234. The lowest BCUT2D eigenvalue weighted by Crippen LogP contribution is -2.59. The molecule has 2 aromatic rings. The first-order chi connectivity index (χ1) is 13.4. The van der Waals surface area contributed by atoms with E-state index >= 15 is 0 Å². The summed E-state index contributed by atoms with van der Waals surface area (Å²) in [5.41, 5.74) is 0.913. The molecule has 2 heterocycles. The van der Waals surface area contributed by atoms with Gasteiger partial charge in [0.2, 0.25) is 0 Å². The highest BCUT2D eigenvalue weighted by Crippen LogP contribution is 2.41. The number of halogens is 4. The maximum Gasteiger partial charge on any atom is 0.391 e. The zero-order chi connectivity index (χ0) is 21.6. The zero-order valence-corrected chi connectivity index (χ0v) is 16.6. The number of alkyl halides is 3. The lowest BCUT2D eigenvalue weighted by Gasteiger charge is -2.38. The number of hydrogen-bond acceptors (Lipinski definition) is 5. The molecule has 1 fully saturated rings. The number of rotatable bonds is 3. The van der Waals surface area contributed by atoms with Crippen LogP contribution in [0.2, 0.25) is 0 Å². The average molecular weight is 445 g/mol. The van der Waals surface area contributed by atoms with Crippen LogP contribution in [0.5, 0.6) is 0 Å². The summed E-state index contributed by atoms with van der Waals surface area (Å²) in [4.78, 5) is 0.411. The van der Waals surface area contributed by atoms with Crippen molar-refractivity contribution < 1.29 is 26.0 Å². The first-order valence-corrected chi connectivity index (χ1v) is 10.8. The molecule has 1 aliphatic rings. The van der Waals surface area contributed by atoms with E-state index in [9.17, 15) is 26.0 Å². The van der Waals surface area contributed by atoms with Gasteiger partial charge in [-0.05, 0) is 30.7 Å². The van der Waals surface area contributed by atoms with Crippen molar-refractivity contribution in [2.24, 2.45) is 0 Å². The zero-order valence-electron chi connectivity index (χ0n) is 15.0. The van der Waals surface area contributed by atoms with Crippen molar-refractivity contribution in [1.29, 1.82) is 10.7 Å². The normalized spacial score (nSPS) is 24.0. The lowest BCUT2D eigenvalue weighted by molar-refractivity contribution is -0.137. The number of nitrogens with zero attached hydrogens (tertiary/aromatic N) is 1. The number of sulfone groups is 1. The van der Waals surface area contributed by atoms with Crippen LogP contribution in [0.1, 0.15) is 29.8 Å². The van der Waals surface area contributed by atoms with E-state index in [1.54, 1.807) is 24.3 Å². The van der Waals surface area contributed by atoms with E-state index in [1.165, 1.54) is 6.07 Å². The molecule has 3 rings (SSSR count). The van der Waals surface area contributed by atoms with Gasteiger partial charge in [-0.3, -0.25) is 5.41 Å². The van der Waals surface area contributed by atoms with Crippen LogP contribution in [0, 0.1) is 22.6 Å². The molecule has 1 aliphatic heterocycles. The molecule has 0 bridgehead atoms. The molecule has 11 heteroatoms. The van der Waals surface area contributed by atoms with E-state index in [0.717, 1.165) is 18.3 Å². The number of nitrogens with one attached hydrogen (secondary N) is 2. The van der Waals surface area contributed by atoms with Gasteiger partial charge in [0.25, 0.3) is 0 Å². The van der Waals surface area contributed by atoms with Crippen LogP contribution in [0.25, 0.3) is 10.4 Å². The molecule has 0 aliphatic carbocycles. The van der Waals surface area contributed by atoms with Gasteiger partial charge in [0.05, 0.1) is 34.7 Å². The fraction of sp³-hybridized carbons (Fsp3) is 0.333. The van der Waals surface area contributed by atoms with E-state index in [-0.39, 0.29) is 4.88 Å². The molecule has 1 aromatic carbocycles. The molecule has 0 saturated carbocycles. The van der Waals surface area contributed by atoms with E-state index in [2.05, 4.69) is 5.32 Å². The van der Waals surface area contributed by atoms with Gasteiger partial charge in [0.1, 0.15) is 16.4 Å². The second-order valence-corrected chi connectivity index (χ2v) is 10.4. The Balaban J connectivity index is 1.95. The van der Waals surface area contributed by atoms with Crippen molar-refractivity contribution in [3.8, 4) is 16.5 Å². The first-order valence-electron chi connectivity index (χ1n) is 8.31. The Kier molecular flexibility index (Phi) is 5.21. The van der Waals surface area contributed by atoms with Gasteiger partial charge in [-0.1, -0.05) is 12.1 Å². The Labute approximate surface area is 168 Å². The summed E-state index contributed by atoms with van der Waals surface area (Å²) < 4.78 is 76.0. The number of hydrogen-bond donors (Lipinski definition) is 2. The monoisotopic (exact) mass is 445 g/mol. The Morgan fingerprint density at radius 2 is 2.07 bits per heavy atom. The van der Waals surface area contributed by atoms with E-state index in [0.29, 0.717) is 16.0 Å². The predicted octanol–water partition coefficient (Wildman–Crippen LogP) is 4.17. The van der Waals surface area contributed by atoms with Crippen molar-refractivity contribution in [2.45, 2.75) is 30.3 Å². The van der Waals surface area contributed by atoms with Crippen molar-refractivity contribution in [3.05, 3.63) is 46.6 Å². The molecule has 2 N–H and O–H groups in total. The second-order valence-electron chi connectivity index (χ2n) is 6.89. The molecule has 2 atom stereocenters. The molecule has 154 valence electrons. The number of nitriles is 1. The maximum atomic E-state index is 14.6. The smallest absolute Gasteiger partial charge is 0.364 e. The summed E-state index contributed by atoms with van der Waals surface area (Å²) in [7, 11) is -4.40. The van der Waals surface area contributed by atoms with Crippen LogP contribution < -0.4 is 5.32 Å². The van der Waals surface area contributed by atoms with Crippen molar-refractivity contribution in [2.75, 3.05) is 5.75 Å². The molecule has 1 unspecified atom stereocenters. The fourth-order valence-corrected chi connectivity index (χ4v) is 6.15. The molecule has 0 spiro atoms. The van der Waals surface area contributed by atoms with Crippen LogP contribution in [0.4, 0.5) is 17.6 Å². The molecule has 1 aromatic heterocycles. The Morgan fingerprint density at radius 1 is 1.38 bits per heavy atom. The minimum atomic E-state index is -4.78. The highest BCUT2D eigenvalue weighted by Gasteiger charge is 2.55. The quantitative estimate of drug-likeness (QED) is 0.694. The van der Waals surface area contributed by atoms with Crippen LogP contribution >= 0.6 is 11.3 Å². The lowest BCUT2D eigenvalue weighted by atomic mass is 10.0. The van der Waals surface area contributed by atoms with Crippen molar-refractivity contribution in [3.63, 3.8) is 0 Å². The second kappa shape index (κ2) is 7.11. The van der Waals surface area contributed by atoms with Crippen LogP contribution in [-0.4, -0.2) is 30.9 Å². The van der Waals surface area contributed by atoms with Crippen LogP contribution in [0.3, 0.4) is 0 Å². The summed E-state index contributed by atoms with van der Waals surface area (Å²) in [6, 6.07) is 8.36. The molecule has 1 saturated heterocycles. The van der Waals surface area contributed by atoms with Gasteiger partial charge in [-0.25, -0.2) is 12.8 Å². The van der Waals surface area contributed by atoms with E-state index in [1.807, 2.05) is 6.07 Å². The third kappa shape index (κ3) is 4.00. The minimum Gasteiger partial charge on any atom is -0.364 e. The van der Waals surface area contributed by atoms with Gasteiger partial charge in [0.15, 0.2) is 9.84 Å². The third-order valence-electron chi connectivity index (χ3n) is 4.76. The molecule has 0 radical (unpaired) electrons. The SMILES string of the molecule is C[C@@]1(CC(F)(F)F)C(=N)NC(c2sc(-c3cccc(C#N)c3)cc2F)CS1(=O)=O. The highest BCUT2D eigenvalue weighted by molar-refractivity contribution is 7.93. The summed E-state index contributed by atoms with van der Waals surface area (Å²) in [5, 5.41) is 19.3. The van der Waals surface area contributed by atoms with Gasteiger partial charge >= 0.3 is 6.18 Å². The highest BCUT2D eigenvalue weighted by atomic mass is 32.2. The van der Waals surface area contributed by atoms with E-state index in [4.69, 9.17) is 10.7 Å². The topological polar surface area (TPSA) is 93.8 Å². The van der Waals surface area contributed by atoms with Gasteiger partial charge < -0.3 is 5.32 Å². The predicted molar refractivity (Wildman–Crippen MR) is 101 cm³/mol. The average Bonchev–Trinajstić information content (AvgIpc) is 3.00. The molecular formula is C18H15F4N3O2S2. The third-order valence-corrected chi connectivity index (χ3v) is 8.53. The first kappa shape index (κ1) is 21.3. The molecule has 29 heavy (non-hydrogen) atoms. The molecule has 5 nitrogen and oxygen atoms in total. The van der Waals surface area contributed by atoms with E-state index < -0.39 is 50.6 Å². The molecular weight excluding hydrogens is 430 g/mol. The molecule has 0 amide bonds. The summed E-state index contributed by atoms with van der Waals surface area (Å²) in [5.74, 6) is -2.31. The van der Waals surface area contributed by atoms with Gasteiger partial charge in [-0.2, -0.15) is 18.4 Å². The van der Waals surface area contributed by atoms with Crippen LogP contribution in [-0.2, 0) is 9.84 Å². The summed E-state index contributed by atoms with van der Waals surface area (Å²) in [6.07, 6.45) is -6.48. The number of thiophene rings is 1. The Hall–Kier alpha value is -2.45. The van der Waals surface area contributed by atoms with Gasteiger partial charge in [0, 0.05) is 4.88 Å². The largest absolute Gasteiger partial charge is 0.391 e. The number of amidine groups is 1. The Bertz CT molecular complexity index is 1120. The van der Waals surface area contributed by atoms with Crippen molar-refractivity contribution in [1.82, 2.24) is 5.32 Å².